The number of rotatable bonds is 5. The van der Waals surface area contributed by atoms with Crippen LogP contribution < -0.4 is 5.32 Å². The van der Waals surface area contributed by atoms with E-state index in [0.29, 0.717) is 17.8 Å². The SMILES string of the molecule is COC(=O)CCNc1cc(C(=O)OC)ccc1O. The molecule has 0 aliphatic rings. The summed E-state index contributed by atoms with van der Waals surface area (Å²) in [5, 5.41) is 12.4. The molecule has 0 aliphatic heterocycles. The van der Waals surface area contributed by atoms with E-state index in [0.717, 1.165) is 0 Å². The zero-order chi connectivity index (χ0) is 13.5. The van der Waals surface area contributed by atoms with Gasteiger partial charge in [-0.1, -0.05) is 0 Å². The molecule has 0 bridgehead atoms. The van der Waals surface area contributed by atoms with Crippen molar-refractivity contribution in [1.29, 1.82) is 0 Å². The zero-order valence-corrected chi connectivity index (χ0v) is 10.2. The second-order valence-electron chi connectivity index (χ2n) is 3.48. The highest BCUT2D eigenvalue weighted by molar-refractivity contribution is 5.91. The maximum Gasteiger partial charge on any atom is 0.337 e. The number of esters is 2. The van der Waals surface area contributed by atoms with E-state index in [-0.39, 0.29) is 18.1 Å². The molecule has 0 unspecified atom stereocenters. The fraction of sp³-hybridized carbons (Fsp3) is 0.333. The van der Waals surface area contributed by atoms with Crippen molar-refractivity contribution in [2.24, 2.45) is 0 Å². The lowest BCUT2D eigenvalue weighted by atomic mass is 10.2. The molecule has 6 nitrogen and oxygen atoms in total. The van der Waals surface area contributed by atoms with Gasteiger partial charge < -0.3 is 19.9 Å². The second-order valence-corrected chi connectivity index (χ2v) is 3.48. The Morgan fingerprint density at radius 3 is 2.61 bits per heavy atom. The minimum absolute atomic E-state index is 0.00693. The summed E-state index contributed by atoms with van der Waals surface area (Å²) < 4.78 is 9.05. The monoisotopic (exact) mass is 253 g/mol. The summed E-state index contributed by atoms with van der Waals surface area (Å²) in [6.07, 6.45) is 0.165. The number of benzene rings is 1. The lowest BCUT2D eigenvalue weighted by Gasteiger charge is -2.09. The summed E-state index contributed by atoms with van der Waals surface area (Å²) in [6.45, 7) is 0.296. The average molecular weight is 253 g/mol. The third-order valence-electron chi connectivity index (χ3n) is 2.29. The molecule has 0 amide bonds. The Morgan fingerprint density at radius 2 is 2.00 bits per heavy atom. The van der Waals surface area contributed by atoms with Crippen LogP contribution in [0, 0.1) is 0 Å². The normalized spacial score (nSPS) is 9.67. The van der Waals surface area contributed by atoms with Gasteiger partial charge in [0.25, 0.3) is 0 Å². The zero-order valence-electron chi connectivity index (χ0n) is 10.2. The number of aromatic hydroxyl groups is 1. The highest BCUT2D eigenvalue weighted by atomic mass is 16.5. The van der Waals surface area contributed by atoms with E-state index >= 15 is 0 Å². The largest absolute Gasteiger partial charge is 0.506 e. The van der Waals surface area contributed by atoms with Crippen LogP contribution in [0.1, 0.15) is 16.8 Å². The van der Waals surface area contributed by atoms with E-state index in [2.05, 4.69) is 14.8 Å². The molecule has 1 aromatic carbocycles. The van der Waals surface area contributed by atoms with Gasteiger partial charge in [-0.25, -0.2) is 4.79 Å². The Labute approximate surface area is 105 Å². The summed E-state index contributed by atoms with van der Waals surface area (Å²) in [6, 6.07) is 4.29. The molecule has 0 spiro atoms. The molecule has 0 aromatic heterocycles. The molecule has 0 aliphatic carbocycles. The molecular weight excluding hydrogens is 238 g/mol. The van der Waals surface area contributed by atoms with E-state index in [1.165, 1.54) is 32.4 Å². The number of ether oxygens (including phenoxy) is 2. The molecule has 18 heavy (non-hydrogen) atoms. The lowest BCUT2D eigenvalue weighted by Crippen LogP contribution is -2.10. The van der Waals surface area contributed by atoms with Gasteiger partial charge in [0.1, 0.15) is 5.75 Å². The summed E-state index contributed by atoms with van der Waals surface area (Å²) in [7, 11) is 2.58. The first-order valence-corrected chi connectivity index (χ1v) is 5.30. The molecule has 1 rings (SSSR count). The van der Waals surface area contributed by atoms with Gasteiger partial charge in [-0.05, 0) is 18.2 Å². The lowest BCUT2D eigenvalue weighted by molar-refractivity contribution is -0.140. The van der Waals surface area contributed by atoms with Gasteiger partial charge in [-0.3, -0.25) is 4.79 Å². The Hall–Kier alpha value is -2.24. The number of carbonyl (C=O) groups excluding carboxylic acids is 2. The van der Waals surface area contributed by atoms with E-state index in [1.807, 2.05) is 0 Å². The first kappa shape index (κ1) is 13.8. The summed E-state index contributed by atoms with van der Waals surface area (Å²) >= 11 is 0. The van der Waals surface area contributed by atoms with Gasteiger partial charge in [0.2, 0.25) is 0 Å². The van der Waals surface area contributed by atoms with Crippen molar-refractivity contribution < 1.29 is 24.2 Å². The summed E-state index contributed by atoms with van der Waals surface area (Å²) in [5.41, 5.74) is 0.678. The molecule has 0 radical (unpaired) electrons. The smallest absolute Gasteiger partial charge is 0.337 e. The minimum atomic E-state index is -0.494. The van der Waals surface area contributed by atoms with Gasteiger partial charge in [-0.15, -0.1) is 0 Å². The number of phenols is 1. The first-order chi connectivity index (χ1) is 8.58. The molecular formula is C12H15NO5. The number of phenolic OH excluding ortho intramolecular Hbond substituents is 1. The predicted molar refractivity (Wildman–Crippen MR) is 64.6 cm³/mol. The Bertz CT molecular complexity index is 444. The molecule has 0 saturated carbocycles. The van der Waals surface area contributed by atoms with Crippen molar-refractivity contribution in [3.63, 3.8) is 0 Å². The van der Waals surface area contributed by atoms with Crippen LogP contribution in [-0.2, 0) is 14.3 Å². The van der Waals surface area contributed by atoms with Gasteiger partial charge in [0.15, 0.2) is 0 Å². The van der Waals surface area contributed by atoms with E-state index < -0.39 is 5.97 Å². The Morgan fingerprint density at radius 1 is 1.28 bits per heavy atom. The number of anilines is 1. The molecule has 0 saturated heterocycles. The Kier molecular flexibility index (Phi) is 4.98. The van der Waals surface area contributed by atoms with Crippen molar-refractivity contribution >= 4 is 17.6 Å². The quantitative estimate of drug-likeness (QED) is 0.605. The van der Waals surface area contributed by atoms with Crippen molar-refractivity contribution in [2.45, 2.75) is 6.42 Å². The molecule has 0 heterocycles. The molecule has 1 aromatic rings. The van der Waals surface area contributed by atoms with Crippen LogP contribution in [0.15, 0.2) is 18.2 Å². The van der Waals surface area contributed by atoms with Crippen LogP contribution >= 0.6 is 0 Å². The maximum absolute atomic E-state index is 11.3. The molecule has 6 heteroatoms. The highest BCUT2D eigenvalue weighted by Gasteiger charge is 2.09. The van der Waals surface area contributed by atoms with E-state index in [9.17, 15) is 14.7 Å². The molecule has 0 atom stereocenters. The third-order valence-corrected chi connectivity index (χ3v) is 2.29. The maximum atomic E-state index is 11.3. The highest BCUT2D eigenvalue weighted by Crippen LogP contribution is 2.24. The second kappa shape index (κ2) is 6.48. The summed E-state index contributed by atoms with van der Waals surface area (Å²) in [5.74, 6) is -0.857. The van der Waals surface area contributed by atoms with Gasteiger partial charge in [-0.2, -0.15) is 0 Å². The fourth-order valence-corrected chi connectivity index (χ4v) is 1.32. The van der Waals surface area contributed by atoms with Gasteiger partial charge in [0, 0.05) is 6.54 Å². The number of hydrogen-bond donors (Lipinski definition) is 2. The van der Waals surface area contributed by atoms with Crippen LogP contribution in [0.5, 0.6) is 5.75 Å². The number of methoxy groups -OCH3 is 2. The molecule has 0 fully saturated rings. The first-order valence-electron chi connectivity index (χ1n) is 5.30. The number of hydrogen-bond acceptors (Lipinski definition) is 6. The van der Waals surface area contributed by atoms with Crippen molar-refractivity contribution in [3.05, 3.63) is 23.8 Å². The van der Waals surface area contributed by atoms with E-state index in [4.69, 9.17) is 0 Å². The summed E-state index contributed by atoms with van der Waals surface area (Å²) in [4.78, 5) is 22.2. The molecule has 2 N–H and O–H groups in total. The minimum Gasteiger partial charge on any atom is -0.506 e. The van der Waals surface area contributed by atoms with Gasteiger partial charge in [0.05, 0.1) is 31.9 Å². The number of carbonyl (C=O) groups is 2. The standard InChI is InChI=1S/C12H15NO5/c1-17-11(15)5-6-13-9-7-8(12(16)18-2)3-4-10(9)14/h3-4,7,13-14H,5-6H2,1-2H3. The molecule has 98 valence electrons. The van der Waals surface area contributed by atoms with Crippen molar-refractivity contribution in [1.82, 2.24) is 0 Å². The van der Waals surface area contributed by atoms with Crippen LogP contribution in [0.25, 0.3) is 0 Å². The topological polar surface area (TPSA) is 84.9 Å². The fourth-order valence-electron chi connectivity index (χ4n) is 1.32. The average Bonchev–Trinajstić information content (AvgIpc) is 2.39. The van der Waals surface area contributed by atoms with Crippen LogP contribution in [-0.4, -0.2) is 37.8 Å². The predicted octanol–water partition coefficient (Wildman–Crippen LogP) is 1.15. The van der Waals surface area contributed by atoms with Crippen LogP contribution in [0.4, 0.5) is 5.69 Å². The third kappa shape index (κ3) is 3.65. The van der Waals surface area contributed by atoms with Crippen LogP contribution in [0.3, 0.4) is 0 Å². The van der Waals surface area contributed by atoms with Crippen molar-refractivity contribution in [2.75, 3.05) is 26.1 Å². The number of nitrogens with one attached hydrogen (secondary N) is 1. The van der Waals surface area contributed by atoms with E-state index in [1.54, 1.807) is 0 Å². The Balaban J connectivity index is 2.69. The van der Waals surface area contributed by atoms with Crippen molar-refractivity contribution in [3.8, 4) is 5.75 Å². The van der Waals surface area contributed by atoms with Gasteiger partial charge >= 0.3 is 11.9 Å². The van der Waals surface area contributed by atoms with Crippen LogP contribution in [0.2, 0.25) is 0 Å².